The fraction of sp³-hybridized carbons (Fsp3) is 0.294. The van der Waals surface area contributed by atoms with Crippen LogP contribution in [-0.4, -0.2) is 30.1 Å². The van der Waals surface area contributed by atoms with Crippen molar-refractivity contribution in [3.63, 3.8) is 0 Å². The number of likely N-dealkylation sites (tertiary alicyclic amines) is 1. The fourth-order valence-corrected chi connectivity index (χ4v) is 3.67. The summed E-state index contributed by atoms with van der Waals surface area (Å²) in [6.07, 6.45) is 0. The normalized spacial score (nSPS) is 22.6. The molecular formula is C17H17Cl2NO. The molecule has 1 fully saturated rings. The maximum absolute atomic E-state index is 10.2. The van der Waals surface area contributed by atoms with Gasteiger partial charge in [0.2, 0.25) is 0 Å². The van der Waals surface area contributed by atoms with E-state index in [4.69, 9.17) is 23.2 Å². The summed E-state index contributed by atoms with van der Waals surface area (Å²) in [5.74, 6) is 0.794. The molecule has 1 aliphatic rings. The van der Waals surface area contributed by atoms with Crippen LogP contribution in [0.5, 0.6) is 5.75 Å². The molecule has 1 heterocycles. The third-order valence-corrected chi connectivity index (χ3v) is 4.78. The van der Waals surface area contributed by atoms with Gasteiger partial charge in [0, 0.05) is 35.0 Å². The Morgan fingerprint density at radius 2 is 1.67 bits per heavy atom. The lowest BCUT2D eigenvalue weighted by Gasteiger charge is -2.21. The van der Waals surface area contributed by atoms with E-state index >= 15 is 0 Å². The number of hydrogen-bond acceptors (Lipinski definition) is 2. The molecule has 0 unspecified atom stereocenters. The number of hydrogen-bond donors (Lipinski definition) is 1. The number of benzene rings is 2. The Hall–Kier alpha value is -1.22. The second-order valence-electron chi connectivity index (χ2n) is 5.66. The lowest BCUT2D eigenvalue weighted by atomic mass is 9.83. The molecule has 0 aromatic heterocycles. The summed E-state index contributed by atoms with van der Waals surface area (Å²) >= 11 is 12.5. The average Bonchev–Trinajstić information content (AvgIpc) is 2.83. The van der Waals surface area contributed by atoms with Crippen LogP contribution in [0.4, 0.5) is 0 Å². The van der Waals surface area contributed by atoms with E-state index in [1.165, 1.54) is 0 Å². The summed E-state index contributed by atoms with van der Waals surface area (Å²) in [5, 5.41) is 11.6. The SMILES string of the molecule is CN1C[C@H](c2ccccc2O)[C@@H](c2cc(Cl)ccc2Cl)C1. The third kappa shape index (κ3) is 2.89. The molecule has 2 aromatic rings. The molecular weight excluding hydrogens is 305 g/mol. The summed E-state index contributed by atoms with van der Waals surface area (Å²) in [6, 6.07) is 13.1. The van der Waals surface area contributed by atoms with Crippen molar-refractivity contribution in [2.75, 3.05) is 20.1 Å². The standard InChI is InChI=1S/C17H17Cl2NO/c1-20-9-14(12-4-2-3-5-17(12)21)15(10-20)13-8-11(18)6-7-16(13)19/h2-8,14-15,21H,9-10H2,1H3/t14-,15-/m1/s1. The molecule has 1 aliphatic heterocycles. The van der Waals surface area contributed by atoms with Crippen molar-refractivity contribution >= 4 is 23.2 Å². The first-order chi connectivity index (χ1) is 10.1. The van der Waals surface area contributed by atoms with Crippen LogP contribution in [0.3, 0.4) is 0 Å². The fourth-order valence-electron chi connectivity index (χ4n) is 3.23. The summed E-state index contributed by atoms with van der Waals surface area (Å²) in [4.78, 5) is 2.26. The molecule has 2 aromatic carbocycles. The number of halogens is 2. The highest BCUT2D eigenvalue weighted by atomic mass is 35.5. The van der Waals surface area contributed by atoms with Crippen molar-refractivity contribution in [1.29, 1.82) is 0 Å². The predicted octanol–water partition coefficient (Wildman–Crippen LogP) is 4.51. The topological polar surface area (TPSA) is 23.5 Å². The first kappa shape index (κ1) is 14.7. The second-order valence-corrected chi connectivity index (χ2v) is 6.50. The van der Waals surface area contributed by atoms with Gasteiger partial charge in [-0.25, -0.2) is 0 Å². The zero-order valence-corrected chi connectivity index (χ0v) is 13.3. The number of nitrogens with zero attached hydrogens (tertiary/aromatic N) is 1. The van der Waals surface area contributed by atoms with Gasteiger partial charge < -0.3 is 10.0 Å². The highest BCUT2D eigenvalue weighted by Crippen LogP contribution is 2.44. The van der Waals surface area contributed by atoms with Crippen LogP contribution in [0.1, 0.15) is 23.0 Å². The number of aromatic hydroxyl groups is 1. The lowest BCUT2D eigenvalue weighted by molar-refractivity contribution is 0.405. The van der Waals surface area contributed by atoms with Crippen molar-refractivity contribution < 1.29 is 5.11 Å². The molecule has 0 saturated carbocycles. The minimum absolute atomic E-state index is 0.215. The first-order valence-electron chi connectivity index (χ1n) is 6.97. The van der Waals surface area contributed by atoms with Crippen molar-refractivity contribution in [1.82, 2.24) is 4.90 Å². The molecule has 4 heteroatoms. The van der Waals surface area contributed by atoms with E-state index < -0.39 is 0 Å². The van der Waals surface area contributed by atoms with E-state index in [9.17, 15) is 5.11 Å². The number of phenols is 1. The number of phenolic OH excluding ortho intramolecular Hbond substituents is 1. The van der Waals surface area contributed by atoms with E-state index in [2.05, 4.69) is 11.9 Å². The van der Waals surface area contributed by atoms with E-state index in [1.807, 2.05) is 30.3 Å². The van der Waals surface area contributed by atoms with Gasteiger partial charge in [0.05, 0.1) is 0 Å². The number of likely N-dealkylation sites (N-methyl/N-ethyl adjacent to an activating group) is 1. The van der Waals surface area contributed by atoms with Crippen molar-refractivity contribution in [3.8, 4) is 5.75 Å². The van der Waals surface area contributed by atoms with Gasteiger partial charge >= 0.3 is 0 Å². The molecule has 3 rings (SSSR count). The third-order valence-electron chi connectivity index (χ3n) is 4.20. The molecule has 0 aliphatic carbocycles. The van der Waals surface area contributed by atoms with Crippen LogP contribution in [-0.2, 0) is 0 Å². The van der Waals surface area contributed by atoms with E-state index in [-0.39, 0.29) is 11.8 Å². The molecule has 0 amide bonds. The maximum atomic E-state index is 10.2. The maximum Gasteiger partial charge on any atom is 0.119 e. The molecule has 2 atom stereocenters. The van der Waals surface area contributed by atoms with Crippen LogP contribution in [0.15, 0.2) is 42.5 Å². The van der Waals surface area contributed by atoms with Gasteiger partial charge in [-0.05, 0) is 42.4 Å². The lowest BCUT2D eigenvalue weighted by Crippen LogP contribution is -2.13. The Morgan fingerprint density at radius 1 is 1.00 bits per heavy atom. The van der Waals surface area contributed by atoms with Crippen molar-refractivity contribution in [2.24, 2.45) is 0 Å². The van der Waals surface area contributed by atoms with Gasteiger partial charge in [0.15, 0.2) is 0 Å². The highest BCUT2D eigenvalue weighted by molar-refractivity contribution is 6.33. The molecule has 1 saturated heterocycles. The molecule has 2 nitrogen and oxygen atoms in total. The predicted molar refractivity (Wildman–Crippen MR) is 87.5 cm³/mol. The number of para-hydroxylation sites is 1. The summed E-state index contributed by atoms with van der Waals surface area (Å²) in [5.41, 5.74) is 2.03. The zero-order valence-electron chi connectivity index (χ0n) is 11.8. The van der Waals surface area contributed by atoms with Crippen LogP contribution < -0.4 is 0 Å². The largest absolute Gasteiger partial charge is 0.508 e. The van der Waals surface area contributed by atoms with E-state index in [0.717, 1.165) is 29.2 Å². The van der Waals surface area contributed by atoms with Crippen LogP contribution >= 0.6 is 23.2 Å². The Kier molecular flexibility index (Phi) is 4.12. The highest BCUT2D eigenvalue weighted by Gasteiger charge is 2.35. The van der Waals surface area contributed by atoms with Crippen LogP contribution in [0.2, 0.25) is 10.0 Å². The molecule has 0 radical (unpaired) electrons. The van der Waals surface area contributed by atoms with Crippen LogP contribution in [0, 0.1) is 0 Å². The Bertz CT molecular complexity index is 659. The van der Waals surface area contributed by atoms with Gasteiger partial charge in [-0.2, -0.15) is 0 Å². The smallest absolute Gasteiger partial charge is 0.119 e. The van der Waals surface area contributed by atoms with Crippen molar-refractivity contribution in [3.05, 3.63) is 63.6 Å². The Labute approximate surface area is 134 Å². The Morgan fingerprint density at radius 3 is 2.38 bits per heavy atom. The monoisotopic (exact) mass is 321 g/mol. The quantitative estimate of drug-likeness (QED) is 0.879. The minimum Gasteiger partial charge on any atom is -0.508 e. The van der Waals surface area contributed by atoms with Gasteiger partial charge in [-0.1, -0.05) is 41.4 Å². The van der Waals surface area contributed by atoms with Crippen LogP contribution in [0.25, 0.3) is 0 Å². The molecule has 1 N–H and O–H groups in total. The average molecular weight is 322 g/mol. The number of rotatable bonds is 2. The van der Waals surface area contributed by atoms with Gasteiger partial charge in [0.25, 0.3) is 0 Å². The van der Waals surface area contributed by atoms with E-state index in [1.54, 1.807) is 12.1 Å². The van der Waals surface area contributed by atoms with Gasteiger partial charge in [0.1, 0.15) is 5.75 Å². The molecule has 21 heavy (non-hydrogen) atoms. The molecule has 110 valence electrons. The van der Waals surface area contributed by atoms with Gasteiger partial charge in [-0.3, -0.25) is 0 Å². The van der Waals surface area contributed by atoms with E-state index in [0.29, 0.717) is 10.8 Å². The second kappa shape index (κ2) is 5.88. The first-order valence-corrected chi connectivity index (χ1v) is 7.73. The summed E-state index contributed by atoms with van der Waals surface area (Å²) < 4.78 is 0. The molecule has 0 spiro atoms. The summed E-state index contributed by atoms with van der Waals surface area (Å²) in [6.45, 7) is 1.80. The summed E-state index contributed by atoms with van der Waals surface area (Å²) in [7, 11) is 2.09. The molecule has 0 bridgehead atoms. The minimum atomic E-state index is 0.215. The van der Waals surface area contributed by atoms with Crippen molar-refractivity contribution in [2.45, 2.75) is 11.8 Å². The zero-order chi connectivity index (χ0) is 15.0. The van der Waals surface area contributed by atoms with Gasteiger partial charge in [-0.15, -0.1) is 0 Å². The Balaban J connectivity index is 2.04.